The monoisotopic (exact) mass is 511 g/mol. The number of piperidine rings is 2. The summed E-state index contributed by atoms with van der Waals surface area (Å²) in [6.45, 7) is 6.64. The summed E-state index contributed by atoms with van der Waals surface area (Å²) in [5.41, 5.74) is 0.223. The van der Waals surface area contributed by atoms with E-state index in [0.29, 0.717) is 67.4 Å². The van der Waals surface area contributed by atoms with E-state index in [1.165, 1.54) is 12.1 Å². The summed E-state index contributed by atoms with van der Waals surface area (Å²) < 4.78 is 34.8. The number of hydrogen-bond donors (Lipinski definition) is 1. The summed E-state index contributed by atoms with van der Waals surface area (Å²) >= 11 is 0. The number of alkyl halides is 1. The number of nitriles is 1. The van der Waals surface area contributed by atoms with Gasteiger partial charge < -0.3 is 19.6 Å². The zero-order valence-electron chi connectivity index (χ0n) is 21.6. The molecule has 6 nitrogen and oxygen atoms in total. The lowest BCUT2D eigenvalue weighted by Crippen LogP contribution is -2.41. The molecule has 0 atom stereocenters. The van der Waals surface area contributed by atoms with Crippen LogP contribution in [0.4, 0.5) is 8.78 Å². The van der Waals surface area contributed by atoms with E-state index in [4.69, 9.17) is 4.74 Å². The third kappa shape index (κ3) is 7.06. The van der Waals surface area contributed by atoms with E-state index in [-0.39, 0.29) is 11.5 Å². The Morgan fingerprint density at radius 3 is 2.43 bits per heavy atom. The number of ether oxygens (including phenoxy) is 1. The van der Waals surface area contributed by atoms with Crippen molar-refractivity contribution in [2.75, 3.05) is 39.3 Å². The quantitative estimate of drug-likeness (QED) is 0.578. The van der Waals surface area contributed by atoms with E-state index >= 15 is 0 Å². The first-order valence-electron chi connectivity index (χ1n) is 13.0. The molecule has 4 rings (SSSR count). The Labute approximate surface area is 217 Å². The molecule has 0 unspecified atom stereocenters. The number of amides is 1. The van der Waals surface area contributed by atoms with Crippen LogP contribution in [0.2, 0.25) is 0 Å². The number of benzene rings is 2. The number of aliphatic hydroxyl groups excluding tert-OH is 1. The van der Waals surface area contributed by atoms with Crippen molar-refractivity contribution < 1.29 is 23.4 Å². The van der Waals surface area contributed by atoms with E-state index in [1.807, 2.05) is 0 Å². The minimum absolute atomic E-state index is 0.0141. The summed E-state index contributed by atoms with van der Waals surface area (Å²) in [4.78, 5) is 16.4. The first-order chi connectivity index (χ1) is 17.6. The van der Waals surface area contributed by atoms with Gasteiger partial charge in [-0.2, -0.15) is 5.26 Å². The van der Waals surface area contributed by atoms with E-state index < -0.39 is 17.6 Å². The fourth-order valence-corrected chi connectivity index (χ4v) is 5.11. The van der Waals surface area contributed by atoms with E-state index in [0.717, 1.165) is 25.9 Å². The Balaban J connectivity index is 1.38. The lowest BCUT2D eigenvalue weighted by molar-refractivity contribution is 0.0542. The number of halogens is 2. The summed E-state index contributed by atoms with van der Waals surface area (Å²) in [6.07, 6.45) is 2.42. The summed E-state index contributed by atoms with van der Waals surface area (Å²) in [5.74, 6) is -0.0847. The van der Waals surface area contributed by atoms with Crippen LogP contribution in [-0.4, -0.2) is 71.9 Å². The zero-order valence-corrected chi connectivity index (χ0v) is 21.6. The van der Waals surface area contributed by atoms with Crippen LogP contribution in [0.15, 0.2) is 36.4 Å². The Hall–Kier alpha value is -3.02. The number of carbonyl (C=O) groups excluding carboxylic acids is 1. The van der Waals surface area contributed by atoms with Gasteiger partial charge in [0, 0.05) is 19.6 Å². The molecule has 2 heterocycles. The SMILES string of the molecule is CC(C)(F)CN1CCC(COc2ccc(-c3ccc(C(=O)N4CCC(O)CC4)c(F)c3)c(C#N)c2)CC1. The van der Waals surface area contributed by atoms with Crippen molar-refractivity contribution in [2.24, 2.45) is 5.92 Å². The second-order valence-electron chi connectivity index (χ2n) is 10.8. The van der Waals surface area contributed by atoms with Gasteiger partial charge in [-0.05, 0) is 100.0 Å². The highest BCUT2D eigenvalue weighted by Crippen LogP contribution is 2.30. The van der Waals surface area contributed by atoms with Gasteiger partial charge in [0.1, 0.15) is 17.2 Å². The highest BCUT2D eigenvalue weighted by Gasteiger charge is 2.26. The lowest BCUT2D eigenvalue weighted by atomic mass is 9.96. The molecule has 0 bridgehead atoms. The number of rotatable bonds is 7. The third-order valence-corrected chi connectivity index (χ3v) is 7.17. The van der Waals surface area contributed by atoms with Crippen molar-refractivity contribution in [3.8, 4) is 22.9 Å². The molecular formula is C29H35F2N3O3. The molecule has 198 valence electrons. The van der Waals surface area contributed by atoms with Crippen LogP contribution in [0, 0.1) is 23.1 Å². The Morgan fingerprint density at radius 1 is 1.11 bits per heavy atom. The second-order valence-corrected chi connectivity index (χ2v) is 10.8. The molecule has 0 aromatic heterocycles. The normalized spacial score (nSPS) is 18.0. The topological polar surface area (TPSA) is 76.8 Å². The van der Waals surface area contributed by atoms with Gasteiger partial charge in [-0.25, -0.2) is 8.78 Å². The van der Waals surface area contributed by atoms with Crippen molar-refractivity contribution in [1.82, 2.24) is 9.80 Å². The van der Waals surface area contributed by atoms with Crippen molar-refractivity contribution >= 4 is 5.91 Å². The van der Waals surface area contributed by atoms with Gasteiger partial charge >= 0.3 is 0 Å². The highest BCUT2D eigenvalue weighted by molar-refractivity contribution is 5.95. The van der Waals surface area contributed by atoms with Crippen molar-refractivity contribution in [3.05, 3.63) is 53.3 Å². The summed E-state index contributed by atoms with van der Waals surface area (Å²) in [6, 6.07) is 11.7. The van der Waals surface area contributed by atoms with Crippen LogP contribution in [0.3, 0.4) is 0 Å². The lowest BCUT2D eigenvalue weighted by Gasteiger charge is -2.34. The summed E-state index contributed by atoms with van der Waals surface area (Å²) in [7, 11) is 0. The van der Waals surface area contributed by atoms with Gasteiger partial charge in [0.2, 0.25) is 0 Å². The molecular weight excluding hydrogens is 476 g/mol. The molecule has 2 aromatic carbocycles. The molecule has 1 amide bonds. The maximum absolute atomic E-state index is 14.9. The van der Waals surface area contributed by atoms with Crippen molar-refractivity contribution in [1.29, 1.82) is 5.26 Å². The van der Waals surface area contributed by atoms with Gasteiger partial charge in [0.05, 0.1) is 29.9 Å². The van der Waals surface area contributed by atoms with Gasteiger partial charge in [0.25, 0.3) is 5.91 Å². The molecule has 8 heteroatoms. The maximum atomic E-state index is 14.9. The van der Waals surface area contributed by atoms with E-state index in [1.54, 1.807) is 43.0 Å². The number of likely N-dealkylation sites (tertiary alicyclic amines) is 2. The first kappa shape index (κ1) is 27.0. The smallest absolute Gasteiger partial charge is 0.256 e. The second kappa shape index (κ2) is 11.6. The third-order valence-electron chi connectivity index (χ3n) is 7.17. The Kier molecular flexibility index (Phi) is 8.46. The molecule has 0 radical (unpaired) electrons. The number of aliphatic hydroxyl groups is 1. The van der Waals surface area contributed by atoms with Crippen LogP contribution < -0.4 is 4.74 Å². The van der Waals surface area contributed by atoms with E-state index in [9.17, 15) is 23.9 Å². The largest absolute Gasteiger partial charge is 0.493 e. The minimum Gasteiger partial charge on any atom is -0.493 e. The molecule has 2 aliphatic heterocycles. The molecule has 1 N–H and O–H groups in total. The van der Waals surface area contributed by atoms with Gasteiger partial charge in [-0.3, -0.25) is 4.79 Å². The average molecular weight is 512 g/mol. The van der Waals surface area contributed by atoms with Crippen LogP contribution in [-0.2, 0) is 0 Å². The Morgan fingerprint density at radius 2 is 1.81 bits per heavy atom. The van der Waals surface area contributed by atoms with Crippen LogP contribution in [0.25, 0.3) is 11.1 Å². The van der Waals surface area contributed by atoms with Gasteiger partial charge in [-0.1, -0.05) is 6.07 Å². The number of carbonyl (C=O) groups is 1. The molecule has 2 aliphatic rings. The fourth-order valence-electron chi connectivity index (χ4n) is 5.11. The Bertz CT molecular complexity index is 1140. The molecule has 2 saturated heterocycles. The fraction of sp³-hybridized carbons (Fsp3) is 0.517. The van der Waals surface area contributed by atoms with Crippen LogP contribution >= 0.6 is 0 Å². The predicted molar refractivity (Wildman–Crippen MR) is 138 cm³/mol. The predicted octanol–water partition coefficient (Wildman–Crippen LogP) is 4.80. The number of hydrogen-bond acceptors (Lipinski definition) is 5. The first-order valence-corrected chi connectivity index (χ1v) is 13.0. The molecule has 0 spiro atoms. The molecule has 37 heavy (non-hydrogen) atoms. The van der Waals surface area contributed by atoms with Crippen LogP contribution in [0.1, 0.15) is 55.5 Å². The van der Waals surface area contributed by atoms with E-state index in [2.05, 4.69) is 11.0 Å². The van der Waals surface area contributed by atoms with Gasteiger partial charge in [0.15, 0.2) is 0 Å². The van der Waals surface area contributed by atoms with Crippen molar-refractivity contribution in [3.63, 3.8) is 0 Å². The van der Waals surface area contributed by atoms with Crippen LogP contribution in [0.5, 0.6) is 5.75 Å². The standard InChI is InChI=1S/C29H35F2N3O3/c1-29(2,31)19-33-11-7-20(8-12-33)18-37-24-4-6-25(22(15-24)17-32)21-3-5-26(27(30)16-21)28(36)34-13-9-23(35)10-14-34/h3-6,15-16,20,23,35H,7-14,18-19H2,1-2H3. The van der Waals surface area contributed by atoms with Gasteiger partial charge in [-0.15, -0.1) is 0 Å². The van der Waals surface area contributed by atoms with Crippen molar-refractivity contribution in [2.45, 2.75) is 51.3 Å². The summed E-state index contributed by atoms with van der Waals surface area (Å²) in [5, 5.41) is 19.4. The zero-order chi connectivity index (χ0) is 26.6. The minimum atomic E-state index is -1.20. The molecule has 0 aliphatic carbocycles. The number of nitrogens with zero attached hydrogens (tertiary/aromatic N) is 3. The maximum Gasteiger partial charge on any atom is 0.256 e. The highest BCUT2D eigenvalue weighted by atomic mass is 19.1. The molecule has 2 fully saturated rings. The molecule has 2 aromatic rings. The average Bonchev–Trinajstić information content (AvgIpc) is 2.87. The molecule has 0 saturated carbocycles.